The minimum atomic E-state index is 0.0483. The van der Waals surface area contributed by atoms with Crippen LogP contribution in [-0.4, -0.2) is 20.4 Å². The maximum Gasteiger partial charge on any atom is 0.242 e. The molecule has 0 fully saturated rings. The molecule has 1 unspecified atom stereocenters. The van der Waals surface area contributed by atoms with Crippen LogP contribution in [-0.2, 0) is 6.42 Å². The molecule has 20 heavy (non-hydrogen) atoms. The van der Waals surface area contributed by atoms with E-state index >= 15 is 0 Å². The fourth-order valence-electron chi connectivity index (χ4n) is 2.07. The van der Waals surface area contributed by atoms with Crippen molar-refractivity contribution in [1.82, 2.24) is 14.4 Å². The van der Waals surface area contributed by atoms with Gasteiger partial charge in [0, 0.05) is 30.2 Å². The number of aromatic nitrogens is 3. The van der Waals surface area contributed by atoms with E-state index in [0.717, 1.165) is 22.1 Å². The van der Waals surface area contributed by atoms with E-state index in [9.17, 15) is 0 Å². The van der Waals surface area contributed by atoms with Crippen molar-refractivity contribution in [1.29, 1.82) is 0 Å². The van der Waals surface area contributed by atoms with Gasteiger partial charge in [-0.2, -0.15) is 4.98 Å². The first-order chi connectivity index (χ1) is 9.65. The maximum atomic E-state index is 5.94. The van der Waals surface area contributed by atoms with Crippen LogP contribution in [0.2, 0.25) is 0 Å². The van der Waals surface area contributed by atoms with E-state index in [4.69, 9.17) is 10.5 Å². The van der Waals surface area contributed by atoms with E-state index in [-0.39, 0.29) is 6.04 Å². The van der Waals surface area contributed by atoms with Crippen LogP contribution in [0.3, 0.4) is 0 Å². The second kappa shape index (κ2) is 5.22. The average Bonchev–Trinajstić information content (AvgIpc) is 2.95. The second-order valence-corrected chi connectivity index (χ2v) is 5.66. The highest BCUT2D eigenvalue weighted by Gasteiger charge is 2.17. The van der Waals surface area contributed by atoms with Crippen LogP contribution >= 0.6 is 11.3 Å². The Hall–Kier alpha value is -1.92. The molecule has 0 saturated carbocycles. The fraction of sp³-hybridized carbons (Fsp3) is 0.286. The van der Waals surface area contributed by atoms with Crippen molar-refractivity contribution in [3.8, 4) is 11.6 Å². The van der Waals surface area contributed by atoms with Gasteiger partial charge in [0.25, 0.3) is 0 Å². The SMILES string of the molecule is Cc1ncccc1Oc1nc2sccn2c1CC(C)N. The summed E-state index contributed by atoms with van der Waals surface area (Å²) in [7, 11) is 0. The number of hydrogen-bond acceptors (Lipinski definition) is 5. The molecule has 0 aliphatic carbocycles. The molecule has 1 atom stereocenters. The highest BCUT2D eigenvalue weighted by Crippen LogP contribution is 2.29. The zero-order chi connectivity index (χ0) is 14.1. The summed E-state index contributed by atoms with van der Waals surface area (Å²) in [5.41, 5.74) is 7.77. The fourth-order valence-corrected chi connectivity index (χ4v) is 2.79. The van der Waals surface area contributed by atoms with Crippen LogP contribution in [0, 0.1) is 6.92 Å². The Morgan fingerprint density at radius 2 is 2.35 bits per heavy atom. The van der Waals surface area contributed by atoms with E-state index in [2.05, 4.69) is 9.97 Å². The highest BCUT2D eigenvalue weighted by atomic mass is 32.1. The van der Waals surface area contributed by atoms with Crippen molar-refractivity contribution in [2.45, 2.75) is 26.3 Å². The van der Waals surface area contributed by atoms with Crippen molar-refractivity contribution in [2.75, 3.05) is 0 Å². The molecule has 3 rings (SSSR count). The first kappa shape index (κ1) is 13.1. The number of nitrogens with two attached hydrogens (primary N) is 1. The van der Waals surface area contributed by atoms with Gasteiger partial charge in [0.05, 0.1) is 11.4 Å². The monoisotopic (exact) mass is 288 g/mol. The Morgan fingerprint density at radius 3 is 3.10 bits per heavy atom. The molecule has 0 radical (unpaired) electrons. The molecule has 3 aromatic rings. The number of rotatable bonds is 4. The lowest BCUT2D eigenvalue weighted by Crippen LogP contribution is -2.19. The molecule has 2 N–H and O–H groups in total. The van der Waals surface area contributed by atoms with Gasteiger partial charge in [0.1, 0.15) is 0 Å². The van der Waals surface area contributed by atoms with E-state index in [0.29, 0.717) is 12.3 Å². The van der Waals surface area contributed by atoms with Crippen LogP contribution in [0.5, 0.6) is 11.6 Å². The largest absolute Gasteiger partial charge is 0.435 e. The number of nitrogens with zero attached hydrogens (tertiary/aromatic N) is 3. The first-order valence-corrected chi connectivity index (χ1v) is 7.32. The van der Waals surface area contributed by atoms with Gasteiger partial charge in [0.2, 0.25) is 5.88 Å². The first-order valence-electron chi connectivity index (χ1n) is 6.44. The standard InChI is InChI=1S/C14H16N4OS/c1-9(15)8-11-13(17-14-18(11)6-7-20-14)19-12-4-3-5-16-10(12)2/h3-7,9H,8,15H2,1-2H3. The number of fused-ring (bicyclic) bond motifs is 1. The van der Waals surface area contributed by atoms with E-state index < -0.39 is 0 Å². The maximum absolute atomic E-state index is 5.94. The summed E-state index contributed by atoms with van der Waals surface area (Å²) in [4.78, 5) is 9.68. The molecular weight excluding hydrogens is 272 g/mol. The molecule has 0 amide bonds. The van der Waals surface area contributed by atoms with E-state index in [1.54, 1.807) is 17.5 Å². The second-order valence-electron chi connectivity index (χ2n) is 4.79. The quantitative estimate of drug-likeness (QED) is 0.801. The van der Waals surface area contributed by atoms with Crippen molar-refractivity contribution in [3.05, 3.63) is 41.3 Å². The van der Waals surface area contributed by atoms with Crippen molar-refractivity contribution >= 4 is 16.3 Å². The third-order valence-corrected chi connectivity index (χ3v) is 3.76. The lowest BCUT2D eigenvalue weighted by molar-refractivity contribution is 0.450. The number of ether oxygens (including phenoxy) is 1. The van der Waals surface area contributed by atoms with Gasteiger partial charge in [-0.3, -0.25) is 9.38 Å². The molecule has 0 spiro atoms. The lowest BCUT2D eigenvalue weighted by Gasteiger charge is -2.09. The topological polar surface area (TPSA) is 65.4 Å². The summed E-state index contributed by atoms with van der Waals surface area (Å²) in [5.74, 6) is 1.34. The molecule has 6 heteroatoms. The van der Waals surface area contributed by atoms with Crippen LogP contribution in [0.4, 0.5) is 0 Å². The lowest BCUT2D eigenvalue weighted by atomic mass is 10.2. The van der Waals surface area contributed by atoms with E-state index in [1.807, 2.05) is 42.0 Å². The Balaban J connectivity index is 2.02. The van der Waals surface area contributed by atoms with Gasteiger partial charge in [-0.15, -0.1) is 11.3 Å². The van der Waals surface area contributed by atoms with Gasteiger partial charge in [-0.25, -0.2) is 0 Å². The number of pyridine rings is 1. The van der Waals surface area contributed by atoms with Crippen LogP contribution < -0.4 is 10.5 Å². The zero-order valence-electron chi connectivity index (χ0n) is 11.4. The smallest absolute Gasteiger partial charge is 0.242 e. The number of thiazole rings is 1. The molecule has 0 aliphatic heterocycles. The molecular formula is C14H16N4OS. The molecule has 0 aromatic carbocycles. The van der Waals surface area contributed by atoms with Crippen molar-refractivity contribution in [2.24, 2.45) is 5.73 Å². The average molecular weight is 288 g/mol. The Labute approximate surface area is 121 Å². The minimum absolute atomic E-state index is 0.0483. The Morgan fingerprint density at radius 1 is 1.50 bits per heavy atom. The van der Waals surface area contributed by atoms with E-state index in [1.165, 1.54) is 0 Å². The highest BCUT2D eigenvalue weighted by molar-refractivity contribution is 7.15. The number of hydrogen-bond donors (Lipinski definition) is 1. The summed E-state index contributed by atoms with van der Waals surface area (Å²) in [5, 5.41) is 2.01. The molecule has 3 heterocycles. The summed E-state index contributed by atoms with van der Waals surface area (Å²) >= 11 is 1.58. The third kappa shape index (κ3) is 2.39. The van der Waals surface area contributed by atoms with Gasteiger partial charge in [-0.1, -0.05) is 0 Å². The summed E-state index contributed by atoms with van der Waals surface area (Å²) in [6, 6.07) is 3.80. The summed E-state index contributed by atoms with van der Waals surface area (Å²) in [6.45, 7) is 3.89. The van der Waals surface area contributed by atoms with Gasteiger partial charge in [0.15, 0.2) is 10.7 Å². The summed E-state index contributed by atoms with van der Waals surface area (Å²) < 4.78 is 7.98. The van der Waals surface area contributed by atoms with Gasteiger partial charge < -0.3 is 10.5 Å². The predicted molar refractivity (Wildman–Crippen MR) is 79.5 cm³/mol. The normalized spacial score (nSPS) is 12.8. The molecule has 0 saturated heterocycles. The van der Waals surface area contributed by atoms with Gasteiger partial charge >= 0.3 is 0 Å². The van der Waals surface area contributed by atoms with Crippen LogP contribution in [0.1, 0.15) is 18.3 Å². The number of aryl methyl sites for hydroxylation is 1. The molecule has 0 aliphatic rings. The third-order valence-electron chi connectivity index (χ3n) is 3.00. The van der Waals surface area contributed by atoms with Crippen LogP contribution in [0.15, 0.2) is 29.9 Å². The molecule has 104 valence electrons. The Bertz CT molecular complexity index is 732. The molecule has 5 nitrogen and oxygen atoms in total. The number of imidazole rings is 1. The van der Waals surface area contributed by atoms with Crippen molar-refractivity contribution in [3.63, 3.8) is 0 Å². The molecule has 0 bridgehead atoms. The predicted octanol–water partition coefficient (Wildman–Crippen LogP) is 2.78. The summed E-state index contributed by atoms with van der Waals surface area (Å²) in [6.07, 6.45) is 4.46. The minimum Gasteiger partial charge on any atom is -0.435 e. The Kier molecular flexibility index (Phi) is 3.42. The van der Waals surface area contributed by atoms with Gasteiger partial charge in [-0.05, 0) is 26.0 Å². The molecule has 3 aromatic heterocycles. The van der Waals surface area contributed by atoms with Crippen molar-refractivity contribution < 1.29 is 4.74 Å². The van der Waals surface area contributed by atoms with Crippen LogP contribution in [0.25, 0.3) is 4.96 Å². The zero-order valence-corrected chi connectivity index (χ0v) is 12.2.